The van der Waals surface area contributed by atoms with Crippen LogP contribution in [-0.4, -0.2) is 19.7 Å². The summed E-state index contributed by atoms with van der Waals surface area (Å²) in [6, 6.07) is 7.96. The molecule has 3 rings (SSSR count). The third-order valence-electron chi connectivity index (χ3n) is 2.70. The maximum absolute atomic E-state index is 5.67. The summed E-state index contributed by atoms with van der Waals surface area (Å²) in [6.07, 6.45) is 3.44. The van der Waals surface area contributed by atoms with E-state index < -0.39 is 0 Å². The van der Waals surface area contributed by atoms with Crippen LogP contribution in [0, 0.1) is 0 Å². The first-order valence-electron chi connectivity index (χ1n) is 5.36. The number of benzene rings is 1. The molecule has 5 heteroatoms. The molecule has 0 unspecified atom stereocenters. The number of fused-ring (bicyclic) bond motifs is 1. The zero-order valence-corrected chi connectivity index (χ0v) is 9.42. The van der Waals surface area contributed by atoms with Crippen LogP contribution >= 0.6 is 0 Å². The highest BCUT2D eigenvalue weighted by Gasteiger charge is 2.02. The molecular formula is C12H12N4O. The minimum absolute atomic E-state index is 0.423. The lowest BCUT2D eigenvalue weighted by atomic mass is 10.2. The lowest BCUT2D eigenvalue weighted by molar-refractivity contribution is 0.290. The van der Waals surface area contributed by atoms with Gasteiger partial charge in [-0.3, -0.25) is 4.68 Å². The van der Waals surface area contributed by atoms with Crippen LogP contribution in [0.4, 0.5) is 0 Å². The van der Waals surface area contributed by atoms with E-state index in [1.165, 1.54) is 6.33 Å². The third-order valence-corrected chi connectivity index (χ3v) is 2.70. The van der Waals surface area contributed by atoms with Gasteiger partial charge in [0.2, 0.25) is 0 Å². The van der Waals surface area contributed by atoms with Crippen LogP contribution in [0.3, 0.4) is 0 Å². The number of aromatic amines is 1. The number of ether oxygens (including phenoxy) is 1. The highest BCUT2D eigenvalue weighted by molar-refractivity contribution is 5.80. The fraction of sp³-hybridized carbons (Fsp3) is 0.167. The summed E-state index contributed by atoms with van der Waals surface area (Å²) in [7, 11) is 1.85. The normalized spacial score (nSPS) is 10.9. The fourth-order valence-corrected chi connectivity index (χ4v) is 1.72. The molecule has 0 aliphatic carbocycles. The number of H-pyrrole nitrogens is 1. The summed E-state index contributed by atoms with van der Waals surface area (Å²) in [5.41, 5.74) is 1.11. The zero-order chi connectivity index (χ0) is 11.7. The van der Waals surface area contributed by atoms with Gasteiger partial charge in [0.15, 0.2) is 5.82 Å². The molecule has 1 aromatic carbocycles. The van der Waals surface area contributed by atoms with E-state index in [0.29, 0.717) is 6.61 Å². The molecule has 0 aliphatic rings. The van der Waals surface area contributed by atoms with E-state index in [0.717, 1.165) is 22.5 Å². The van der Waals surface area contributed by atoms with Crippen molar-refractivity contribution in [3.8, 4) is 5.75 Å². The van der Waals surface area contributed by atoms with E-state index in [4.69, 9.17) is 4.74 Å². The highest BCUT2D eigenvalue weighted by atomic mass is 16.5. The lowest BCUT2D eigenvalue weighted by Crippen LogP contribution is -2.04. The summed E-state index contributed by atoms with van der Waals surface area (Å²) >= 11 is 0. The van der Waals surface area contributed by atoms with Crippen LogP contribution in [0.15, 0.2) is 36.8 Å². The van der Waals surface area contributed by atoms with Gasteiger partial charge in [0, 0.05) is 24.1 Å². The molecule has 0 aliphatic heterocycles. The van der Waals surface area contributed by atoms with Crippen LogP contribution in [-0.2, 0) is 13.7 Å². The SMILES string of the molecule is Cn1ncnc1COc1ccc2[nH]ccc2c1. The predicted octanol–water partition coefficient (Wildman–Crippen LogP) is 1.88. The van der Waals surface area contributed by atoms with Crippen LogP contribution < -0.4 is 4.74 Å². The molecule has 0 fully saturated rings. The second-order valence-electron chi connectivity index (χ2n) is 3.82. The quantitative estimate of drug-likeness (QED) is 0.744. The van der Waals surface area contributed by atoms with Crippen LogP contribution in [0.1, 0.15) is 5.82 Å². The lowest BCUT2D eigenvalue weighted by Gasteiger charge is -2.05. The van der Waals surface area contributed by atoms with Crippen LogP contribution in [0.25, 0.3) is 10.9 Å². The van der Waals surface area contributed by atoms with Crippen LogP contribution in [0.5, 0.6) is 5.75 Å². The molecule has 0 radical (unpaired) electrons. The van der Waals surface area contributed by atoms with Crippen molar-refractivity contribution in [3.05, 3.63) is 42.6 Å². The molecule has 0 amide bonds. The van der Waals surface area contributed by atoms with E-state index >= 15 is 0 Å². The van der Waals surface area contributed by atoms with Crippen molar-refractivity contribution < 1.29 is 4.74 Å². The number of hydrogen-bond donors (Lipinski definition) is 1. The Morgan fingerprint density at radius 3 is 3.12 bits per heavy atom. The number of nitrogens with zero attached hydrogens (tertiary/aromatic N) is 3. The van der Waals surface area contributed by atoms with Crippen molar-refractivity contribution in [3.63, 3.8) is 0 Å². The van der Waals surface area contributed by atoms with Crippen LogP contribution in [0.2, 0.25) is 0 Å². The van der Waals surface area contributed by atoms with Gasteiger partial charge in [0.1, 0.15) is 18.7 Å². The van der Waals surface area contributed by atoms with Crippen molar-refractivity contribution in [1.82, 2.24) is 19.7 Å². The van der Waals surface area contributed by atoms with Gasteiger partial charge < -0.3 is 9.72 Å². The molecule has 5 nitrogen and oxygen atoms in total. The van der Waals surface area contributed by atoms with Gasteiger partial charge in [-0.05, 0) is 24.3 Å². The van der Waals surface area contributed by atoms with Gasteiger partial charge >= 0.3 is 0 Å². The van der Waals surface area contributed by atoms with E-state index in [1.54, 1.807) is 4.68 Å². The predicted molar refractivity (Wildman–Crippen MR) is 63.6 cm³/mol. The molecule has 86 valence electrons. The maximum Gasteiger partial charge on any atom is 0.164 e. The second-order valence-corrected chi connectivity index (χ2v) is 3.82. The molecular weight excluding hydrogens is 216 g/mol. The summed E-state index contributed by atoms with van der Waals surface area (Å²) < 4.78 is 7.37. The van der Waals surface area contributed by atoms with Gasteiger partial charge in [0.25, 0.3) is 0 Å². The monoisotopic (exact) mass is 228 g/mol. The topological polar surface area (TPSA) is 55.7 Å². The standard InChI is InChI=1S/C12H12N4O/c1-16-12(14-8-15-16)7-17-10-2-3-11-9(6-10)4-5-13-11/h2-6,8,13H,7H2,1H3. The number of aromatic nitrogens is 4. The van der Waals surface area contributed by atoms with Gasteiger partial charge in [0.05, 0.1) is 0 Å². The van der Waals surface area contributed by atoms with Gasteiger partial charge in [-0.1, -0.05) is 0 Å². The van der Waals surface area contributed by atoms with Crippen molar-refractivity contribution in [2.75, 3.05) is 0 Å². The Morgan fingerprint density at radius 1 is 1.35 bits per heavy atom. The molecule has 0 spiro atoms. The molecule has 2 heterocycles. The highest BCUT2D eigenvalue weighted by Crippen LogP contribution is 2.20. The third kappa shape index (κ3) is 1.87. The average Bonchev–Trinajstić information content (AvgIpc) is 2.94. The first-order valence-corrected chi connectivity index (χ1v) is 5.36. The first kappa shape index (κ1) is 9.89. The number of hydrogen-bond acceptors (Lipinski definition) is 3. The Labute approximate surface area is 98.0 Å². The van der Waals surface area contributed by atoms with Crippen molar-refractivity contribution in [1.29, 1.82) is 0 Å². The maximum atomic E-state index is 5.67. The average molecular weight is 228 g/mol. The second kappa shape index (κ2) is 3.93. The molecule has 3 aromatic rings. The minimum atomic E-state index is 0.423. The molecule has 17 heavy (non-hydrogen) atoms. The van der Waals surface area contributed by atoms with Gasteiger partial charge in [-0.2, -0.15) is 5.10 Å². The van der Waals surface area contributed by atoms with Crippen molar-refractivity contribution >= 4 is 10.9 Å². The van der Waals surface area contributed by atoms with Crippen molar-refractivity contribution in [2.24, 2.45) is 7.05 Å². The molecule has 0 saturated carbocycles. The zero-order valence-electron chi connectivity index (χ0n) is 9.42. The number of aryl methyl sites for hydroxylation is 1. The first-order chi connectivity index (χ1) is 8.33. The Morgan fingerprint density at radius 2 is 2.29 bits per heavy atom. The largest absolute Gasteiger partial charge is 0.486 e. The van der Waals surface area contributed by atoms with E-state index in [-0.39, 0.29) is 0 Å². The Kier molecular flexibility index (Phi) is 2.29. The van der Waals surface area contributed by atoms with Crippen molar-refractivity contribution in [2.45, 2.75) is 6.61 Å². The Balaban J connectivity index is 1.78. The van der Waals surface area contributed by atoms with E-state index in [2.05, 4.69) is 15.1 Å². The summed E-state index contributed by atoms with van der Waals surface area (Å²) in [4.78, 5) is 7.25. The van der Waals surface area contributed by atoms with Gasteiger partial charge in [-0.25, -0.2) is 4.98 Å². The molecule has 1 N–H and O–H groups in total. The molecule has 0 atom stereocenters. The van der Waals surface area contributed by atoms with E-state index in [9.17, 15) is 0 Å². The fourth-order valence-electron chi connectivity index (χ4n) is 1.72. The summed E-state index contributed by atoms with van der Waals surface area (Å²) in [6.45, 7) is 0.423. The smallest absolute Gasteiger partial charge is 0.164 e. The molecule has 2 aromatic heterocycles. The summed E-state index contributed by atoms with van der Waals surface area (Å²) in [5, 5.41) is 5.13. The number of rotatable bonds is 3. The summed E-state index contributed by atoms with van der Waals surface area (Å²) in [5.74, 6) is 1.64. The molecule has 0 bridgehead atoms. The molecule has 0 saturated heterocycles. The van der Waals surface area contributed by atoms with E-state index in [1.807, 2.05) is 37.5 Å². The minimum Gasteiger partial charge on any atom is -0.486 e. The van der Waals surface area contributed by atoms with Gasteiger partial charge in [-0.15, -0.1) is 0 Å². The number of nitrogens with one attached hydrogen (secondary N) is 1. The Hall–Kier alpha value is -2.30. The Bertz CT molecular complexity index is 641.